The number of methoxy groups -OCH3 is 1. The molecule has 1 aromatic carbocycles. The molecule has 0 amide bonds. The van der Waals surface area contributed by atoms with E-state index in [1.54, 1.807) is 37.5 Å². The third kappa shape index (κ3) is 5.43. The minimum atomic E-state index is -0.443. The van der Waals surface area contributed by atoms with Crippen molar-refractivity contribution >= 4 is 11.9 Å². The maximum absolute atomic E-state index is 14.4. The van der Waals surface area contributed by atoms with Gasteiger partial charge >= 0.3 is 5.97 Å². The van der Waals surface area contributed by atoms with E-state index in [2.05, 4.69) is 20.2 Å². The number of piperidine rings is 1. The first-order valence-corrected chi connectivity index (χ1v) is 9.50. The Balaban J connectivity index is 1.55. The smallest absolute Gasteiger partial charge is 0.308 e. The summed E-state index contributed by atoms with van der Waals surface area (Å²) in [6.07, 6.45) is 4.61. The molecule has 8 heteroatoms. The number of rotatable bonds is 5. The quantitative estimate of drug-likeness (QED) is 0.472. The van der Waals surface area contributed by atoms with Crippen molar-refractivity contribution in [3.63, 3.8) is 0 Å². The van der Waals surface area contributed by atoms with Crippen molar-refractivity contribution in [3.05, 3.63) is 54.1 Å². The van der Waals surface area contributed by atoms with Gasteiger partial charge in [0.05, 0.1) is 19.2 Å². The summed E-state index contributed by atoms with van der Waals surface area (Å²) in [7, 11) is 3.13. The third-order valence-corrected chi connectivity index (χ3v) is 4.85. The average molecular weight is 400 g/mol. The van der Waals surface area contributed by atoms with Crippen LogP contribution in [0.15, 0.2) is 47.7 Å². The Morgan fingerprint density at radius 1 is 1.34 bits per heavy atom. The zero-order valence-corrected chi connectivity index (χ0v) is 16.6. The lowest BCUT2D eigenvalue weighted by atomic mass is 9.97. The summed E-state index contributed by atoms with van der Waals surface area (Å²) in [5, 5.41) is 3.25. The monoisotopic (exact) mass is 400 g/mol. The highest BCUT2D eigenvalue weighted by atomic mass is 19.1. The van der Waals surface area contributed by atoms with Gasteiger partial charge in [-0.3, -0.25) is 14.8 Å². The summed E-state index contributed by atoms with van der Waals surface area (Å²) < 4.78 is 24.7. The number of likely N-dealkylation sites (tertiary alicyclic amines) is 1. The van der Waals surface area contributed by atoms with E-state index in [0.29, 0.717) is 25.4 Å². The minimum absolute atomic E-state index is 0.0594. The van der Waals surface area contributed by atoms with E-state index >= 15 is 0 Å². The zero-order valence-electron chi connectivity index (χ0n) is 16.6. The SMILES string of the molecule is CN=C(NCc1ccc(Oc2cccnc2)c(F)c1)N1CCC(C(=O)OC)CC1. The van der Waals surface area contributed by atoms with Crippen LogP contribution < -0.4 is 10.1 Å². The van der Waals surface area contributed by atoms with Crippen LogP contribution in [-0.2, 0) is 16.1 Å². The Bertz CT molecular complexity index is 852. The van der Waals surface area contributed by atoms with Gasteiger partial charge in [-0.1, -0.05) is 6.07 Å². The van der Waals surface area contributed by atoms with E-state index in [-0.39, 0.29) is 17.6 Å². The first-order valence-electron chi connectivity index (χ1n) is 9.50. The van der Waals surface area contributed by atoms with Gasteiger partial charge in [0.25, 0.3) is 0 Å². The van der Waals surface area contributed by atoms with Crippen LogP contribution in [0, 0.1) is 11.7 Å². The predicted molar refractivity (Wildman–Crippen MR) is 107 cm³/mol. The fraction of sp³-hybridized carbons (Fsp3) is 0.381. The number of esters is 1. The lowest BCUT2D eigenvalue weighted by molar-refractivity contribution is -0.146. The van der Waals surface area contributed by atoms with E-state index < -0.39 is 5.82 Å². The normalized spacial score (nSPS) is 15.1. The van der Waals surface area contributed by atoms with Crippen molar-refractivity contribution < 1.29 is 18.7 Å². The topological polar surface area (TPSA) is 76.1 Å². The average Bonchev–Trinajstić information content (AvgIpc) is 2.76. The Labute approximate surface area is 169 Å². The molecule has 1 saturated heterocycles. The number of hydrogen-bond acceptors (Lipinski definition) is 5. The van der Waals surface area contributed by atoms with Crippen LogP contribution in [0.25, 0.3) is 0 Å². The lowest BCUT2D eigenvalue weighted by Gasteiger charge is -2.33. The molecular formula is C21H25FN4O3. The number of nitrogens with zero attached hydrogens (tertiary/aromatic N) is 3. The number of carbonyl (C=O) groups is 1. The highest BCUT2D eigenvalue weighted by Gasteiger charge is 2.26. The van der Waals surface area contributed by atoms with Gasteiger partial charge < -0.3 is 19.7 Å². The molecule has 1 N–H and O–H groups in total. The number of pyridine rings is 1. The number of carbonyl (C=O) groups excluding carboxylic acids is 1. The van der Waals surface area contributed by atoms with E-state index in [4.69, 9.17) is 9.47 Å². The van der Waals surface area contributed by atoms with Gasteiger partial charge in [-0.25, -0.2) is 4.39 Å². The lowest BCUT2D eigenvalue weighted by Crippen LogP contribution is -2.46. The number of hydrogen-bond donors (Lipinski definition) is 1. The first-order chi connectivity index (χ1) is 14.1. The number of aromatic nitrogens is 1. The Kier molecular flexibility index (Phi) is 6.99. The summed E-state index contributed by atoms with van der Waals surface area (Å²) in [6.45, 7) is 1.85. The largest absolute Gasteiger partial charge is 0.469 e. The Morgan fingerprint density at radius 2 is 2.14 bits per heavy atom. The first kappa shape index (κ1) is 20.6. The van der Waals surface area contributed by atoms with Crippen molar-refractivity contribution in [1.82, 2.24) is 15.2 Å². The molecule has 2 heterocycles. The van der Waals surface area contributed by atoms with Gasteiger partial charge in [-0.05, 0) is 42.7 Å². The summed E-state index contributed by atoms with van der Waals surface area (Å²) in [5.74, 6) is 0.697. The number of benzene rings is 1. The number of ether oxygens (including phenoxy) is 2. The molecule has 3 rings (SSSR count). The predicted octanol–water partition coefficient (Wildman–Crippen LogP) is 2.97. The third-order valence-electron chi connectivity index (χ3n) is 4.85. The molecule has 29 heavy (non-hydrogen) atoms. The molecule has 0 aliphatic carbocycles. The van der Waals surface area contributed by atoms with Crippen molar-refractivity contribution in [2.75, 3.05) is 27.2 Å². The van der Waals surface area contributed by atoms with Crippen LogP contribution in [0.1, 0.15) is 18.4 Å². The molecular weight excluding hydrogens is 375 g/mol. The molecule has 2 aromatic rings. The molecule has 1 aliphatic rings. The van der Waals surface area contributed by atoms with Gasteiger partial charge in [-0.15, -0.1) is 0 Å². The van der Waals surface area contributed by atoms with E-state index in [0.717, 1.165) is 24.4 Å². The van der Waals surface area contributed by atoms with Crippen molar-refractivity contribution in [2.24, 2.45) is 10.9 Å². The van der Waals surface area contributed by atoms with E-state index in [1.807, 2.05) is 0 Å². The van der Waals surface area contributed by atoms with Crippen molar-refractivity contribution in [3.8, 4) is 11.5 Å². The van der Waals surface area contributed by atoms with Crippen LogP contribution in [-0.4, -0.2) is 49.1 Å². The molecule has 1 aliphatic heterocycles. The number of aliphatic imine (C=N–C) groups is 1. The Morgan fingerprint density at radius 3 is 2.76 bits per heavy atom. The molecule has 0 bridgehead atoms. The van der Waals surface area contributed by atoms with Crippen LogP contribution in [0.3, 0.4) is 0 Å². The summed E-state index contributed by atoms with van der Waals surface area (Å²) in [6, 6.07) is 8.29. The van der Waals surface area contributed by atoms with Crippen molar-refractivity contribution in [2.45, 2.75) is 19.4 Å². The molecule has 0 saturated carbocycles. The molecule has 0 spiro atoms. The van der Waals surface area contributed by atoms with Gasteiger partial charge in [-0.2, -0.15) is 0 Å². The number of guanidine groups is 1. The minimum Gasteiger partial charge on any atom is -0.469 e. The fourth-order valence-electron chi connectivity index (χ4n) is 3.28. The van der Waals surface area contributed by atoms with Gasteiger partial charge in [0, 0.05) is 32.9 Å². The molecule has 1 aromatic heterocycles. The molecule has 0 radical (unpaired) electrons. The standard InChI is InChI=1S/C21H25FN4O3/c1-23-21(26-10-7-16(8-11-26)20(27)28-2)25-13-15-5-6-19(18(22)12-15)29-17-4-3-9-24-14-17/h3-6,9,12,14,16H,7-8,10-11,13H2,1-2H3,(H,23,25). The molecule has 7 nitrogen and oxygen atoms in total. The van der Waals surface area contributed by atoms with Gasteiger partial charge in [0.1, 0.15) is 5.75 Å². The fourth-order valence-corrected chi connectivity index (χ4v) is 3.28. The second-order valence-electron chi connectivity index (χ2n) is 6.74. The summed E-state index contributed by atoms with van der Waals surface area (Å²) in [4.78, 5) is 22.0. The number of nitrogens with one attached hydrogen (secondary N) is 1. The van der Waals surface area contributed by atoms with Gasteiger partial charge in [0.2, 0.25) is 0 Å². The molecule has 154 valence electrons. The molecule has 0 unspecified atom stereocenters. The van der Waals surface area contributed by atoms with E-state index in [1.165, 1.54) is 19.4 Å². The molecule has 1 fully saturated rings. The maximum atomic E-state index is 14.4. The van der Waals surface area contributed by atoms with Crippen LogP contribution in [0.2, 0.25) is 0 Å². The second-order valence-corrected chi connectivity index (χ2v) is 6.74. The number of halogens is 1. The maximum Gasteiger partial charge on any atom is 0.308 e. The summed E-state index contributed by atoms with van der Waals surface area (Å²) in [5.41, 5.74) is 0.770. The highest BCUT2D eigenvalue weighted by molar-refractivity contribution is 5.80. The molecule has 0 atom stereocenters. The highest BCUT2D eigenvalue weighted by Crippen LogP contribution is 2.24. The van der Waals surface area contributed by atoms with Crippen LogP contribution >= 0.6 is 0 Å². The Hall–Kier alpha value is -3.16. The van der Waals surface area contributed by atoms with E-state index in [9.17, 15) is 9.18 Å². The second kappa shape index (κ2) is 9.86. The summed E-state index contributed by atoms with van der Waals surface area (Å²) >= 11 is 0. The van der Waals surface area contributed by atoms with Crippen LogP contribution in [0.4, 0.5) is 4.39 Å². The van der Waals surface area contributed by atoms with Gasteiger partial charge in [0.15, 0.2) is 17.5 Å². The van der Waals surface area contributed by atoms with Crippen LogP contribution in [0.5, 0.6) is 11.5 Å². The van der Waals surface area contributed by atoms with Crippen molar-refractivity contribution in [1.29, 1.82) is 0 Å². The zero-order chi connectivity index (χ0) is 20.6.